The van der Waals surface area contributed by atoms with Gasteiger partial charge in [-0.3, -0.25) is 4.79 Å². The minimum Gasteiger partial charge on any atom is -0.378 e. The number of benzene rings is 1. The molecule has 4 nitrogen and oxygen atoms in total. The van der Waals surface area contributed by atoms with Crippen molar-refractivity contribution < 1.29 is 9.53 Å². The summed E-state index contributed by atoms with van der Waals surface area (Å²) in [7, 11) is 0. The number of rotatable bonds is 5. The lowest BCUT2D eigenvalue weighted by molar-refractivity contribution is -0.122. The summed E-state index contributed by atoms with van der Waals surface area (Å²) in [5, 5.41) is 7.24. The topological polar surface area (TPSA) is 50.4 Å². The second-order valence-electron chi connectivity index (χ2n) is 4.74. The number of ether oxygens (including phenoxy) is 1. The third-order valence-electron chi connectivity index (χ3n) is 3.18. The summed E-state index contributed by atoms with van der Waals surface area (Å²) in [6, 6.07) is 5.63. The molecule has 1 saturated heterocycles. The van der Waals surface area contributed by atoms with Gasteiger partial charge in [0.05, 0.1) is 23.3 Å². The standard InChI is InChI=1S/C14H18Cl2N2O2/c15-12-3-1-2-10(14(12)16)4-5-18-13(19)8-11-9-20-7-6-17-11/h1-3,11,17H,4-9H2,(H,18,19). The number of nitrogens with one attached hydrogen (secondary N) is 2. The molecule has 1 heterocycles. The van der Waals surface area contributed by atoms with E-state index in [-0.39, 0.29) is 11.9 Å². The Morgan fingerprint density at radius 3 is 3.05 bits per heavy atom. The van der Waals surface area contributed by atoms with Crippen molar-refractivity contribution in [1.29, 1.82) is 0 Å². The number of carbonyl (C=O) groups excluding carboxylic acids is 1. The van der Waals surface area contributed by atoms with E-state index in [4.69, 9.17) is 27.9 Å². The van der Waals surface area contributed by atoms with Crippen molar-refractivity contribution in [2.75, 3.05) is 26.3 Å². The first-order chi connectivity index (χ1) is 9.66. The van der Waals surface area contributed by atoms with Gasteiger partial charge in [0.2, 0.25) is 5.91 Å². The van der Waals surface area contributed by atoms with E-state index in [2.05, 4.69) is 10.6 Å². The average molecular weight is 317 g/mol. The lowest BCUT2D eigenvalue weighted by Gasteiger charge is -2.23. The Hall–Kier alpha value is -0.810. The predicted octanol–water partition coefficient (Wildman–Crippen LogP) is 2.03. The van der Waals surface area contributed by atoms with Crippen molar-refractivity contribution in [2.45, 2.75) is 18.9 Å². The SMILES string of the molecule is O=C(CC1COCCN1)NCCc1cccc(Cl)c1Cl. The Balaban J connectivity index is 1.72. The fourth-order valence-electron chi connectivity index (χ4n) is 2.12. The number of halogens is 2. The molecule has 0 spiro atoms. The molecular weight excluding hydrogens is 299 g/mol. The molecule has 1 unspecified atom stereocenters. The van der Waals surface area contributed by atoms with Crippen LogP contribution in [0.4, 0.5) is 0 Å². The molecule has 1 aromatic carbocycles. The van der Waals surface area contributed by atoms with E-state index in [1.54, 1.807) is 6.07 Å². The largest absolute Gasteiger partial charge is 0.378 e. The van der Waals surface area contributed by atoms with Crippen molar-refractivity contribution in [3.05, 3.63) is 33.8 Å². The van der Waals surface area contributed by atoms with Crippen molar-refractivity contribution in [3.63, 3.8) is 0 Å². The van der Waals surface area contributed by atoms with Crippen LogP contribution >= 0.6 is 23.2 Å². The van der Waals surface area contributed by atoms with E-state index in [1.807, 2.05) is 12.1 Å². The lowest BCUT2D eigenvalue weighted by atomic mass is 10.1. The van der Waals surface area contributed by atoms with Crippen molar-refractivity contribution in [3.8, 4) is 0 Å². The van der Waals surface area contributed by atoms with Gasteiger partial charge in [0.25, 0.3) is 0 Å². The van der Waals surface area contributed by atoms with Crippen LogP contribution in [0, 0.1) is 0 Å². The van der Waals surface area contributed by atoms with Crippen LogP contribution in [-0.4, -0.2) is 38.3 Å². The summed E-state index contributed by atoms with van der Waals surface area (Å²) in [5.41, 5.74) is 0.943. The molecule has 1 aliphatic rings. The maximum atomic E-state index is 11.8. The molecule has 6 heteroatoms. The molecule has 0 aliphatic carbocycles. The minimum atomic E-state index is 0.0196. The highest BCUT2D eigenvalue weighted by Crippen LogP contribution is 2.25. The molecule has 1 fully saturated rings. The second kappa shape index (κ2) is 7.84. The molecule has 110 valence electrons. The van der Waals surface area contributed by atoms with E-state index < -0.39 is 0 Å². The summed E-state index contributed by atoms with van der Waals surface area (Å²) in [6.45, 7) is 2.65. The van der Waals surface area contributed by atoms with Gasteiger partial charge in [0.15, 0.2) is 0 Å². The van der Waals surface area contributed by atoms with E-state index in [0.29, 0.717) is 42.6 Å². The zero-order valence-electron chi connectivity index (χ0n) is 11.1. The van der Waals surface area contributed by atoms with Gasteiger partial charge in [-0.15, -0.1) is 0 Å². The molecule has 1 aliphatic heterocycles. The Labute approximate surface area is 128 Å². The van der Waals surface area contributed by atoms with Crippen LogP contribution in [0.2, 0.25) is 10.0 Å². The number of hydrogen-bond donors (Lipinski definition) is 2. The van der Waals surface area contributed by atoms with Crippen molar-refractivity contribution >= 4 is 29.1 Å². The van der Waals surface area contributed by atoms with Gasteiger partial charge in [0.1, 0.15) is 0 Å². The Morgan fingerprint density at radius 2 is 2.30 bits per heavy atom. The summed E-state index contributed by atoms with van der Waals surface area (Å²) < 4.78 is 5.31. The average Bonchev–Trinajstić information content (AvgIpc) is 2.44. The maximum Gasteiger partial charge on any atom is 0.221 e. The fraction of sp³-hybridized carbons (Fsp3) is 0.500. The van der Waals surface area contributed by atoms with Crippen molar-refractivity contribution in [1.82, 2.24) is 10.6 Å². The molecule has 20 heavy (non-hydrogen) atoms. The van der Waals surface area contributed by atoms with E-state index >= 15 is 0 Å². The zero-order valence-corrected chi connectivity index (χ0v) is 12.6. The summed E-state index contributed by atoms with van der Waals surface area (Å²) in [6.07, 6.45) is 1.10. The highest BCUT2D eigenvalue weighted by molar-refractivity contribution is 6.42. The van der Waals surface area contributed by atoms with Crippen LogP contribution in [0.25, 0.3) is 0 Å². The first kappa shape index (κ1) is 15.6. The molecule has 0 aromatic heterocycles. The molecule has 1 atom stereocenters. The van der Waals surface area contributed by atoms with Gasteiger partial charge in [-0.25, -0.2) is 0 Å². The smallest absolute Gasteiger partial charge is 0.221 e. The van der Waals surface area contributed by atoms with Crippen LogP contribution < -0.4 is 10.6 Å². The first-order valence-electron chi connectivity index (χ1n) is 6.67. The fourth-order valence-corrected chi connectivity index (χ4v) is 2.54. The zero-order chi connectivity index (χ0) is 14.4. The first-order valence-corrected chi connectivity index (χ1v) is 7.43. The predicted molar refractivity (Wildman–Crippen MR) is 80.4 cm³/mol. The summed E-state index contributed by atoms with van der Waals surface area (Å²) in [4.78, 5) is 11.8. The second-order valence-corrected chi connectivity index (χ2v) is 5.53. The summed E-state index contributed by atoms with van der Waals surface area (Å²) >= 11 is 12.0. The Kier molecular flexibility index (Phi) is 6.10. The molecular formula is C14H18Cl2N2O2. The van der Waals surface area contributed by atoms with Crippen molar-refractivity contribution in [2.24, 2.45) is 0 Å². The van der Waals surface area contributed by atoms with Gasteiger partial charge in [-0.05, 0) is 18.1 Å². The van der Waals surface area contributed by atoms with Crippen LogP contribution in [-0.2, 0) is 16.0 Å². The third-order valence-corrected chi connectivity index (χ3v) is 4.04. The monoisotopic (exact) mass is 316 g/mol. The molecule has 1 amide bonds. The van der Waals surface area contributed by atoms with Gasteiger partial charge in [0, 0.05) is 25.6 Å². The summed E-state index contributed by atoms with van der Waals surface area (Å²) in [5.74, 6) is 0.0196. The van der Waals surface area contributed by atoms with Crippen LogP contribution in [0.5, 0.6) is 0 Å². The molecule has 0 saturated carbocycles. The van der Waals surface area contributed by atoms with Crippen LogP contribution in [0.15, 0.2) is 18.2 Å². The van der Waals surface area contributed by atoms with Gasteiger partial charge < -0.3 is 15.4 Å². The Morgan fingerprint density at radius 1 is 1.45 bits per heavy atom. The number of amides is 1. The third kappa shape index (κ3) is 4.63. The molecule has 2 rings (SSSR count). The van der Waals surface area contributed by atoms with E-state index in [1.165, 1.54) is 0 Å². The van der Waals surface area contributed by atoms with Gasteiger partial charge in [-0.1, -0.05) is 35.3 Å². The molecule has 1 aromatic rings. The van der Waals surface area contributed by atoms with Gasteiger partial charge >= 0.3 is 0 Å². The van der Waals surface area contributed by atoms with Crippen LogP contribution in [0.1, 0.15) is 12.0 Å². The van der Waals surface area contributed by atoms with E-state index in [9.17, 15) is 4.79 Å². The minimum absolute atomic E-state index is 0.0196. The maximum absolute atomic E-state index is 11.8. The normalized spacial score (nSPS) is 18.8. The lowest BCUT2D eigenvalue weighted by Crippen LogP contribution is -2.44. The van der Waals surface area contributed by atoms with E-state index in [0.717, 1.165) is 12.1 Å². The molecule has 0 radical (unpaired) electrons. The Bertz CT molecular complexity index is 462. The number of hydrogen-bond acceptors (Lipinski definition) is 3. The quantitative estimate of drug-likeness (QED) is 0.874. The molecule has 0 bridgehead atoms. The number of morpholine rings is 1. The highest BCUT2D eigenvalue weighted by atomic mass is 35.5. The van der Waals surface area contributed by atoms with Gasteiger partial charge in [-0.2, -0.15) is 0 Å². The number of carbonyl (C=O) groups is 1. The highest BCUT2D eigenvalue weighted by Gasteiger charge is 2.16. The van der Waals surface area contributed by atoms with Crippen LogP contribution in [0.3, 0.4) is 0 Å². The molecule has 2 N–H and O–H groups in total.